The molecule has 0 spiro atoms. The summed E-state index contributed by atoms with van der Waals surface area (Å²) in [5.41, 5.74) is 0.865. The molecule has 1 N–H and O–H groups in total. The van der Waals surface area contributed by atoms with Crippen LogP contribution in [0.4, 0.5) is 11.4 Å². The second-order valence-corrected chi connectivity index (χ2v) is 6.66. The van der Waals surface area contributed by atoms with Crippen molar-refractivity contribution in [2.75, 3.05) is 5.32 Å². The molecule has 3 aromatic carbocycles. The molecule has 0 aliphatic heterocycles. The van der Waals surface area contributed by atoms with E-state index in [0.717, 1.165) is 0 Å². The van der Waals surface area contributed by atoms with Crippen molar-refractivity contribution in [3.8, 4) is 5.69 Å². The number of aryl methyl sites for hydroxylation is 1. The molecule has 0 aliphatic rings. The number of hydrogen-bond acceptors (Lipinski definition) is 5. The molecule has 0 fully saturated rings. The molecular weight excluding hydrogens is 384 g/mol. The van der Waals surface area contributed by atoms with Crippen LogP contribution in [0.3, 0.4) is 0 Å². The first-order chi connectivity index (χ1) is 14.5. The van der Waals surface area contributed by atoms with E-state index in [9.17, 15) is 19.7 Å². The van der Waals surface area contributed by atoms with Crippen LogP contribution in [0.5, 0.6) is 0 Å². The van der Waals surface area contributed by atoms with Crippen molar-refractivity contribution in [3.63, 3.8) is 0 Å². The van der Waals surface area contributed by atoms with Gasteiger partial charge < -0.3 is 5.32 Å². The van der Waals surface area contributed by atoms with Crippen LogP contribution in [0.15, 0.2) is 77.6 Å². The van der Waals surface area contributed by atoms with E-state index in [1.54, 1.807) is 67.6 Å². The third-order valence-corrected chi connectivity index (χ3v) is 4.68. The number of nitro benzene ring substituents is 1. The maximum absolute atomic E-state index is 13.0. The van der Waals surface area contributed by atoms with Gasteiger partial charge in [0.05, 0.1) is 16.0 Å². The monoisotopic (exact) mass is 400 g/mol. The highest BCUT2D eigenvalue weighted by molar-refractivity contribution is 6.11. The molecular formula is C22H16N4O4. The number of anilines is 1. The number of rotatable bonds is 4. The summed E-state index contributed by atoms with van der Waals surface area (Å²) >= 11 is 0. The minimum atomic E-state index is -0.575. The van der Waals surface area contributed by atoms with Gasteiger partial charge in [-0.05, 0) is 31.2 Å². The number of aromatic nitrogens is 2. The summed E-state index contributed by atoms with van der Waals surface area (Å²) < 4.78 is 1.18. The minimum Gasteiger partial charge on any atom is -0.320 e. The standard InChI is InChI=1S/C22H16N4O4/c1-14-11-12-15(13-19(14)26(29)30)23-21(27)20-17-9-5-6-10-18(17)22(28)25(24-20)16-7-3-2-4-8-16/h2-13H,1H3,(H,23,27). The van der Waals surface area contributed by atoms with E-state index in [-0.39, 0.29) is 22.6 Å². The van der Waals surface area contributed by atoms with E-state index in [2.05, 4.69) is 10.4 Å². The SMILES string of the molecule is Cc1ccc(NC(=O)c2nn(-c3ccccc3)c(=O)c3ccccc23)cc1[N+](=O)[O-]. The highest BCUT2D eigenvalue weighted by atomic mass is 16.6. The van der Waals surface area contributed by atoms with E-state index >= 15 is 0 Å². The number of benzene rings is 3. The summed E-state index contributed by atoms with van der Waals surface area (Å²) in [5.74, 6) is -0.575. The van der Waals surface area contributed by atoms with Gasteiger partial charge in [-0.2, -0.15) is 9.78 Å². The van der Waals surface area contributed by atoms with Crippen LogP contribution in [0.1, 0.15) is 16.1 Å². The van der Waals surface area contributed by atoms with E-state index in [1.165, 1.54) is 10.7 Å². The normalized spacial score (nSPS) is 10.7. The summed E-state index contributed by atoms with van der Waals surface area (Å²) in [5, 5.41) is 18.9. The fourth-order valence-electron chi connectivity index (χ4n) is 3.18. The quantitative estimate of drug-likeness (QED) is 0.413. The summed E-state index contributed by atoms with van der Waals surface area (Å²) in [4.78, 5) is 36.6. The Morgan fingerprint density at radius 3 is 2.37 bits per heavy atom. The van der Waals surface area contributed by atoms with Crippen molar-refractivity contribution < 1.29 is 9.72 Å². The Morgan fingerprint density at radius 1 is 1.00 bits per heavy atom. The van der Waals surface area contributed by atoms with Gasteiger partial charge in [0, 0.05) is 22.7 Å². The summed E-state index contributed by atoms with van der Waals surface area (Å²) in [6.07, 6.45) is 0. The fraction of sp³-hybridized carbons (Fsp3) is 0.0455. The van der Waals surface area contributed by atoms with Crippen LogP contribution in [0.25, 0.3) is 16.5 Å². The van der Waals surface area contributed by atoms with Gasteiger partial charge in [-0.25, -0.2) is 0 Å². The van der Waals surface area contributed by atoms with Crippen LogP contribution in [0.2, 0.25) is 0 Å². The zero-order valence-corrected chi connectivity index (χ0v) is 15.9. The van der Waals surface area contributed by atoms with Crippen molar-refractivity contribution in [2.45, 2.75) is 6.92 Å². The van der Waals surface area contributed by atoms with Gasteiger partial charge in [0.1, 0.15) is 0 Å². The van der Waals surface area contributed by atoms with Crippen molar-refractivity contribution >= 4 is 28.1 Å². The van der Waals surface area contributed by atoms with E-state index in [1.807, 2.05) is 6.07 Å². The lowest BCUT2D eigenvalue weighted by molar-refractivity contribution is -0.385. The second kappa shape index (κ2) is 7.59. The van der Waals surface area contributed by atoms with Gasteiger partial charge >= 0.3 is 0 Å². The number of para-hydroxylation sites is 1. The number of nitrogens with zero attached hydrogens (tertiary/aromatic N) is 3. The lowest BCUT2D eigenvalue weighted by atomic mass is 10.1. The largest absolute Gasteiger partial charge is 0.320 e. The third-order valence-electron chi connectivity index (χ3n) is 4.68. The predicted octanol–water partition coefficient (Wildman–Crippen LogP) is 3.85. The number of hydrogen-bond donors (Lipinski definition) is 1. The van der Waals surface area contributed by atoms with Gasteiger partial charge in [-0.3, -0.25) is 19.7 Å². The topological polar surface area (TPSA) is 107 Å². The highest BCUT2D eigenvalue weighted by Crippen LogP contribution is 2.23. The van der Waals surface area contributed by atoms with Gasteiger partial charge in [-0.15, -0.1) is 0 Å². The zero-order chi connectivity index (χ0) is 21.3. The van der Waals surface area contributed by atoms with Crippen molar-refractivity contribution in [3.05, 3.63) is 105 Å². The van der Waals surface area contributed by atoms with Crippen molar-refractivity contribution in [1.29, 1.82) is 0 Å². The number of carbonyl (C=O) groups excluding carboxylic acids is 1. The number of nitrogens with one attached hydrogen (secondary N) is 1. The minimum absolute atomic E-state index is 0.0391. The van der Waals surface area contributed by atoms with Gasteiger partial charge in [0.2, 0.25) is 0 Å². The smallest absolute Gasteiger partial charge is 0.279 e. The summed E-state index contributed by atoms with van der Waals surface area (Å²) in [6.45, 7) is 1.62. The molecule has 8 heteroatoms. The molecule has 1 amide bonds. The van der Waals surface area contributed by atoms with Gasteiger partial charge in [0.15, 0.2) is 5.69 Å². The van der Waals surface area contributed by atoms with Crippen LogP contribution in [-0.4, -0.2) is 20.6 Å². The Balaban J connectivity index is 1.83. The zero-order valence-electron chi connectivity index (χ0n) is 15.9. The average Bonchev–Trinajstić information content (AvgIpc) is 2.76. The number of nitro groups is 1. The number of fused-ring (bicyclic) bond motifs is 1. The highest BCUT2D eigenvalue weighted by Gasteiger charge is 2.19. The lowest BCUT2D eigenvalue weighted by Gasteiger charge is -2.11. The summed E-state index contributed by atoms with van der Waals surface area (Å²) in [7, 11) is 0. The van der Waals surface area contributed by atoms with Crippen LogP contribution in [-0.2, 0) is 0 Å². The van der Waals surface area contributed by atoms with Gasteiger partial charge in [0.25, 0.3) is 17.2 Å². The van der Waals surface area contributed by atoms with Crippen LogP contribution in [0, 0.1) is 17.0 Å². The van der Waals surface area contributed by atoms with Crippen LogP contribution >= 0.6 is 0 Å². The molecule has 1 heterocycles. The predicted molar refractivity (Wildman–Crippen MR) is 113 cm³/mol. The van der Waals surface area contributed by atoms with E-state index < -0.39 is 10.8 Å². The van der Waals surface area contributed by atoms with E-state index in [4.69, 9.17) is 0 Å². The Kier molecular flexibility index (Phi) is 4.81. The Morgan fingerprint density at radius 2 is 1.67 bits per heavy atom. The molecule has 4 aromatic rings. The second-order valence-electron chi connectivity index (χ2n) is 6.66. The number of amides is 1. The van der Waals surface area contributed by atoms with E-state index in [0.29, 0.717) is 22.0 Å². The van der Waals surface area contributed by atoms with Crippen molar-refractivity contribution in [2.24, 2.45) is 0 Å². The molecule has 0 unspecified atom stereocenters. The molecule has 8 nitrogen and oxygen atoms in total. The van der Waals surface area contributed by atoms with Gasteiger partial charge in [-0.1, -0.05) is 42.5 Å². The number of carbonyl (C=O) groups is 1. The Labute approximate surface area is 170 Å². The van der Waals surface area contributed by atoms with Crippen molar-refractivity contribution in [1.82, 2.24) is 9.78 Å². The molecule has 30 heavy (non-hydrogen) atoms. The summed E-state index contributed by atoms with van der Waals surface area (Å²) in [6, 6.07) is 19.9. The molecule has 0 radical (unpaired) electrons. The first-order valence-corrected chi connectivity index (χ1v) is 9.09. The average molecular weight is 400 g/mol. The first-order valence-electron chi connectivity index (χ1n) is 9.09. The third kappa shape index (κ3) is 3.42. The molecule has 0 saturated carbocycles. The molecule has 0 saturated heterocycles. The molecule has 4 rings (SSSR count). The molecule has 1 aromatic heterocycles. The maximum Gasteiger partial charge on any atom is 0.279 e. The molecule has 0 bridgehead atoms. The first kappa shape index (κ1) is 19.0. The lowest BCUT2D eigenvalue weighted by Crippen LogP contribution is -2.26. The van der Waals surface area contributed by atoms with Crippen LogP contribution < -0.4 is 10.9 Å². The fourth-order valence-corrected chi connectivity index (χ4v) is 3.18. The molecule has 148 valence electrons. The molecule has 0 aliphatic carbocycles. The Hall–Kier alpha value is -4.33. The molecule has 0 atom stereocenters. The maximum atomic E-state index is 13.0. The Bertz CT molecular complexity index is 1350.